The van der Waals surface area contributed by atoms with Gasteiger partial charge < -0.3 is 4.90 Å². The second-order valence-electron chi connectivity index (χ2n) is 44.3. The summed E-state index contributed by atoms with van der Waals surface area (Å²) >= 11 is 0. The highest BCUT2D eigenvalue weighted by Crippen LogP contribution is 2.45. The number of likely N-dealkylation sites (tertiary alicyclic amines) is 6. The van der Waals surface area contributed by atoms with E-state index in [0.29, 0.717) is 41.8 Å². The first-order valence-electron chi connectivity index (χ1n) is 47.0. The van der Waals surface area contributed by atoms with Crippen LogP contribution in [-0.4, -0.2) is 189 Å². The lowest BCUT2D eigenvalue weighted by molar-refractivity contribution is 0.0103. The van der Waals surface area contributed by atoms with E-state index in [1.807, 2.05) is 34.2 Å². The van der Waals surface area contributed by atoms with Crippen LogP contribution < -0.4 is 0 Å². The van der Waals surface area contributed by atoms with Crippen molar-refractivity contribution in [1.82, 2.24) is 79.2 Å². The Labute approximate surface area is 717 Å². The highest BCUT2D eigenvalue weighted by molar-refractivity contribution is 5.23. The zero-order valence-electron chi connectivity index (χ0n) is 80.5. The van der Waals surface area contributed by atoms with Crippen LogP contribution in [0.5, 0.6) is 0 Å². The van der Waals surface area contributed by atoms with E-state index in [1.165, 1.54) is 195 Å². The summed E-state index contributed by atoms with van der Waals surface area (Å²) in [6.07, 6.45) is 32.2. The number of piperazine rings is 1. The fourth-order valence-corrected chi connectivity index (χ4v) is 20.9. The average Bonchev–Trinajstić information content (AvgIpc) is 1.50. The molecule has 117 heavy (non-hydrogen) atoms. The standard InChI is InChI=1S/C16H26N2.C16H25N.C15H29N.2C14H25N3.2C13H23N3/c1-5-17-11-12-18(16(2,3)4)15(13-17)14-9-7-6-8-10-14;1-13-10-11-17(16(2,3)4)15(12-13)14-8-6-5-7-9-14;1-15(2,3)16-12-8-7-11-14(16)13-9-5-4-6-10-13;2*1-11-7-9-17(14(2,3)4)13(10-11)12-6-8-15-16(12)5;2*1-10-6-8-16(13(2,3)4)12(9-10)11-5-7-14-15-11/h6-10,15H,5,11-13H2,1-4H3;5-9,13,15H,10-12H2,1-4H3;13-14H,4-12H2,1-3H3;2*6,8,11,13H,7,9-10H2,1-5H3;2*5,7,10,12H,6,8-9H2,1-4H3,(H,14,15)/t15-;13-,15+;14-;2*11-,13+;2*10-,12+/m0101111/s1. The summed E-state index contributed by atoms with van der Waals surface area (Å²) in [5.74, 6) is 5.10. The fourth-order valence-electron chi connectivity index (χ4n) is 20.9. The summed E-state index contributed by atoms with van der Waals surface area (Å²) in [5.41, 5.74) is 9.97. The average molecular weight is 1610 g/mol. The molecule has 7 saturated heterocycles. The van der Waals surface area contributed by atoms with Crippen molar-refractivity contribution in [2.75, 3.05) is 65.4 Å². The van der Waals surface area contributed by atoms with Crippen LogP contribution in [0.3, 0.4) is 0 Å². The molecule has 660 valence electrons. The Morgan fingerprint density at radius 3 is 0.974 bits per heavy atom. The second kappa shape index (κ2) is 43.3. The van der Waals surface area contributed by atoms with Crippen LogP contribution in [0.4, 0.5) is 0 Å². The number of benzene rings is 2. The molecule has 6 aromatic rings. The summed E-state index contributed by atoms with van der Waals surface area (Å²) in [6, 6.07) is 34.6. The Kier molecular flexibility index (Phi) is 36.1. The van der Waals surface area contributed by atoms with Gasteiger partial charge in [0.2, 0.25) is 0 Å². The van der Waals surface area contributed by atoms with Crippen LogP contribution >= 0.6 is 0 Å². The van der Waals surface area contributed by atoms with Crippen molar-refractivity contribution in [2.24, 2.45) is 49.6 Å². The first-order valence-corrected chi connectivity index (χ1v) is 47.0. The Balaban J connectivity index is 0.000000170. The lowest BCUT2D eigenvalue weighted by Crippen LogP contribution is -2.54. The van der Waals surface area contributed by atoms with Crippen molar-refractivity contribution in [3.63, 3.8) is 0 Å². The molecule has 0 bridgehead atoms. The van der Waals surface area contributed by atoms with Crippen LogP contribution in [0.1, 0.15) is 373 Å². The van der Waals surface area contributed by atoms with E-state index < -0.39 is 0 Å². The Bertz CT molecular complexity index is 3530. The van der Waals surface area contributed by atoms with Gasteiger partial charge in [0.1, 0.15) is 0 Å². The van der Waals surface area contributed by atoms with E-state index in [2.05, 4.69) is 356 Å². The maximum Gasteiger partial charge on any atom is 0.0552 e. The van der Waals surface area contributed by atoms with E-state index in [-0.39, 0.29) is 33.2 Å². The van der Waals surface area contributed by atoms with Crippen LogP contribution in [0.25, 0.3) is 0 Å². The van der Waals surface area contributed by atoms with E-state index in [0.717, 1.165) is 61.2 Å². The van der Waals surface area contributed by atoms with Crippen LogP contribution in [0.15, 0.2) is 110 Å². The number of aryl methyl sites for hydroxylation is 2. The molecule has 0 radical (unpaired) electrons. The molecular formula is C101H176N16. The van der Waals surface area contributed by atoms with Gasteiger partial charge in [-0.05, 0) is 352 Å². The van der Waals surface area contributed by atoms with Gasteiger partial charge in [-0.1, -0.05) is 128 Å². The van der Waals surface area contributed by atoms with Gasteiger partial charge in [-0.3, -0.25) is 53.9 Å². The molecule has 2 aromatic carbocycles. The maximum atomic E-state index is 4.32. The summed E-state index contributed by atoms with van der Waals surface area (Å²) in [6.45, 7) is 74.9. The van der Waals surface area contributed by atoms with Crippen molar-refractivity contribution in [3.8, 4) is 0 Å². The van der Waals surface area contributed by atoms with Gasteiger partial charge in [0.05, 0.1) is 46.9 Å². The number of piperidine rings is 6. The second-order valence-corrected chi connectivity index (χ2v) is 44.3. The van der Waals surface area contributed by atoms with Crippen molar-refractivity contribution < 1.29 is 0 Å². The largest absolute Gasteiger partial charge is 0.300 e. The van der Waals surface area contributed by atoms with E-state index >= 15 is 0 Å². The normalized spacial score (nSPS) is 27.4. The summed E-state index contributed by atoms with van der Waals surface area (Å²) < 4.78 is 4.06. The van der Waals surface area contributed by atoms with Crippen molar-refractivity contribution in [3.05, 3.63) is 144 Å². The lowest BCUT2D eigenvalue weighted by atomic mass is 9.78. The number of nitrogens with one attached hydrogen (secondary N) is 2. The topological polar surface area (TPSA) is 119 Å². The minimum Gasteiger partial charge on any atom is -0.300 e. The summed E-state index contributed by atoms with van der Waals surface area (Å²) in [4.78, 5) is 21.1. The van der Waals surface area contributed by atoms with E-state index in [1.54, 1.807) is 0 Å². The molecule has 11 heterocycles. The summed E-state index contributed by atoms with van der Waals surface area (Å²) in [5, 5.41) is 23.1. The molecule has 14 rings (SSSR count). The molecule has 0 unspecified atom stereocenters. The Morgan fingerprint density at radius 1 is 0.316 bits per heavy atom. The van der Waals surface area contributed by atoms with Gasteiger partial charge in [0.15, 0.2) is 0 Å². The van der Waals surface area contributed by atoms with Gasteiger partial charge in [-0.15, -0.1) is 0 Å². The molecular weight excluding hydrogens is 1440 g/mol. The first-order chi connectivity index (χ1) is 54.8. The van der Waals surface area contributed by atoms with Gasteiger partial charge in [0, 0.05) is 115 Å². The van der Waals surface area contributed by atoms with E-state index in [9.17, 15) is 0 Å². The third-order valence-electron chi connectivity index (χ3n) is 27.5. The Morgan fingerprint density at radius 2 is 0.641 bits per heavy atom. The molecule has 8 aliphatic rings. The smallest absolute Gasteiger partial charge is 0.0552 e. The summed E-state index contributed by atoms with van der Waals surface area (Å²) in [7, 11) is 4.10. The minimum absolute atomic E-state index is 0.231. The zero-order chi connectivity index (χ0) is 86.0. The van der Waals surface area contributed by atoms with Gasteiger partial charge >= 0.3 is 0 Å². The van der Waals surface area contributed by atoms with Crippen LogP contribution in [0, 0.1) is 35.5 Å². The third-order valence-corrected chi connectivity index (χ3v) is 27.5. The molecule has 16 nitrogen and oxygen atoms in total. The first kappa shape index (κ1) is 97.4. The molecule has 12 atom stereocenters. The molecule has 8 fully saturated rings. The van der Waals surface area contributed by atoms with Gasteiger partial charge in [-0.25, -0.2) is 0 Å². The highest BCUT2D eigenvalue weighted by atomic mass is 15.3. The van der Waals surface area contributed by atoms with Crippen molar-refractivity contribution >= 4 is 0 Å². The highest BCUT2D eigenvalue weighted by Gasteiger charge is 2.42. The number of H-pyrrole nitrogens is 2. The van der Waals surface area contributed by atoms with Crippen molar-refractivity contribution in [1.29, 1.82) is 0 Å². The molecule has 0 amide bonds. The number of hydrogen-bond donors (Lipinski definition) is 2. The van der Waals surface area contributed by atoms with Crippen molar-refractivity contribution in [2.45, 2.75) is 384 Å². The molecule has 2 N–H and O–H groups in total. The SMILES string of the molecule is CC(C)(C)N1CCCC[C@H]1C1CCCCC1.CCN1CCN(C(C)(C)C)[C@H](c2ccccc2)C1.C[C@@H]1CCN(C(C)(C)C)[C@H](c2ccccc2)C1.C[C@@H]1CCN(C(C)(C)C)[C@H](c2ccn[nH]2)C1.C[C@@H]1CCN(C(C)(C)C)[C@H](c2ccn[nH]2)C1.C[C@@H]1CCN(C(C)(C)C)[C@H](c2ccnn2C)C1.C[C@@H]1CCN(C(C)(C)C)[C@H](c2ccnn2C)C1. The predicted molar refractivity (Wildman–Crippen MR) is 496 cm³/mol. The lowest BCUT2D eigenvalue weighted by Gasteiger charge is -2.48. The maximum absolute atomic E-state index is 4.32. The quantitative estimate of drug-likeness (QED) is 0.151. The number of rotatable bonds is 8. The molecule has 1 aliphatic carbocycles. The van der Waals surface area contributed by atoms with E-state index in [4.69, 9.17) is 0 Å². The predicted octanol–water partition coefficient (Wildman–Crippen LogP) is 23.6. The molecule has 4 aromatic heterocycles. The Hall–Kier alpha value is -5.04. The van der Waals surface area contributed by atoms with Gasteiger partial charge in [0.25, 0.3) is 0 Å². The monoisotopic (exact) mass is 1610 g/mol. The number of likely N-dealkylation sites (N-methyl/N-ethyl adjacent to an activating group) is 1. The minimum atomic E-state index is 0.231. The number of aromatic amines is 2. The van der Waals surface area contributed by atoms with Gasteiger partial charge in [-0.2, -0.15) is 20.4 Å². The number of nitrogens with zero attached hydrogens (tertiary/aromatic N) is 14. The van der Waals surface area contributed by atoms with Crippen LogP contribution in [0.2, 0.25) is 0 Å². The molecule has 7 aliphatic heterocycles. The molecule has 0 spiro atoms. The zero-order valence-corrected chi connectivity index (χ0v) is 80.5. The number of hydrogen-bond acceptors (Lipinski definition) is 12. The number of aromatic nitrogens is 8. The van der Waals surface area contributed by atoms with Crippen LogP contribution in [-0.2, 0) is 14.1 Å². The molecule has 1 saturated carbocycles. The third kappa shape index (κ3) is 28.8. The fraction of sp³-hybridized carbons (Fsp3) is 0.762. The molecule has 16 heteroatoms.